The lowest BCUT2D eigenvalue weighted by atomic mass is 10.2. The van der Waals surface area contributed by atoms with E-state index in [1.54, 1.807) is 0 Å². The molecule has 2 rings (SSSR count). The number of aromatic hydroxyl groups is 4. The number of para-hydroxylation sites is 2. The van der Waals surface area contributed by atoms with Crippen LogP contribution in [0.2, 0.25) is 0 Å². The molecule has 0 heterocycles. The van der Waals surface area contributed by atoms with E-state index in [1.807, 2.05) is 0 Å². The van der Waals surface area contributed by atoms with Gasteiger partial charge >= 0.3 is 7.69 Å². The molecule has 0 aromatic heterocycles. The molecule has 0 saturated heterocycles. The lowest BCUT2D eigenvalue weighted by Gasteiger charge is -2.09. The lowest BCUT2D eigenvalue weighted by molar-refractivity contribution is 0.365. The number of hydrogen-bond acceptors (Lipinski definition) is 6. The van der Waals surface area contributed by atoms with E-state index in [4.69, 9.17) is 9.31 Å². The van der Waals surface area contributed by atoms with Crippen LogP contribution in [0.25, 0.3) is 0 Å². The van der Waals surface area contributed by atoms with Crippen LogP contribution in [-0.4, -0.2) is 28.1 Å². The van der Waals surface area contributed by atoms with E-state index < -0.39 is 11.5 Å². The van der Waals surface area contributed by atoms with Crippen LogP contribution in [-0.2, 0) is 0 Å². The highest BCUT2D eigenvalue weighted by Gasteiger charge is 2.12. The first-order valence-electron chi connectivity index (χ1n) is 5.26. The fraction of sp³-hybridized carbons (Fsp3) is 0. The zero-order valence-electron chi connectivity index (χ0n) is 9.65. The highest BCUT2D eigenvalue weighted by molar-refractivity contribution is 6.21. The van der Waals surface area contributed by atoms with E-state index in [0.29, 0.717) is 0 Å². The van der Waals surface area contributed by atoms with Crippen LogP contribution >= 0.6 is 0 Å². The van der Waals surface area contributed by atoms with Gasteiger partial charge in [-0.1, -0.05) is 12.1 Å². The van der Waals surface area contributed by atoms with Crippen molar-refractivity contribution in [2.45, 2.75) is 0 Å². The molecule has 0 bridgehead atoms. The average molecular weight is 261 g/mol. The van der Waals surface area contributed by atoms with Crippen molar-refractivity contribution in [3.63, 3.8) is 0 Å². The second-order valence-electron chi connectivity index (χ2n) is 3.58. The van der Waals surface area contributed by atoms with E-state index in [-0.39, 0.29) is 23.0 Å². The molecule has 0 aliphatic carbocycles. The summed E-state index contributed by atoms with van der Waals surface area (Å²) in [4.78, 5) is 0. The predicted molar refractivity (Wildman–Crippen MR) is 66.6 cm³/mol. The summed E-state index contributed by atoms with van der Waals surface area (Å²) < 4.78 is 9.93. The van der Waals surface area contributed by atoms with Gasteiger partial charge in [0, 0.05) is 0 Å². The normalized spacial score (nSPS) is 9.89. The van der Waals surface area contributed by atoms with Crippen LogP contribution in [0.3, 0.4) is 0 Å². The van der Waals surface area contributed by atoms with Crippen molar-refractivity contribution in [3.8, 4) is 34.5 Å². The molecular formula is C12H10BO6. The Morgan fingerprint density at radius 3 is 1.53 bits per heavy atom. The molecule has 0 unspecified atom stereocenters. The van der Waals surface area contributed by atoms with E-state index in [9.17, 15) is 20.4 Å². The van der Waals surface area contributed by atoms with E-state index >= 15 is 0 Å². The first-order valence-corrected chi connectivity index (χ1v) is 5.26. The molecule has 2 aromatic carbocycles. The van der Waals surface area contributed by atoms with Gasteiger partial charge in [-0.05, 0) is 24.3 Å². The minimum atomic E-state index is -0.428. The Morgan fingerprint density at radius 1 is 0.684 bits per heavy atom. The summed E-state index contributed by atoms with van der Waals surface area (Å²) in [6.45, 7) is 0. The minimum Gasteiger partial charge on any atom is -0.524 e. The molecule has 0 aliphatic heterocycles. The summed E-state index contributed by atoms with van der Waals surface area (Å²) in [6.07, 6.45) is 0. The van der Waals surface area contributed by atoms with Gasteiger partial charge in [-0.2, -0.15) is 0 Å². The Morgan fingerprint density at radius 2 is 1.11 bits per heavy atom. The van der Waals surface area contributed by atoms with Crippen molar-refractivity contribution < 1.29 is 29.7 Å². The minimum absolute atomic E-state index is 0.0142. The van der Waals surface area contributed by atoms with Crippen molar-refractivity contribution in [2.24, 2.45) is 0 Å². The Kier molecular flexibility index (Phi) is 3.56. The molecule has 1 radical (unpaired) electrons. The second kappa shape index (κ2) is 5.30. The van der Waals surface area contributed by atoms with Gasteiger partial charge in [-0.3, -0.25) is 0 Å². The molecule has 0 aliphatic rings. The van der Waals surface area contributed by atoms with E-state index in [1.165, 1.54) is 36.4 Å². The summed E-state index contributed by atoms with van der Waals surface area (Å²) in [5.41, 5.74) is 0. The number of phenolic OH excluding ortho intramolecular Hbond substituents is 4. The molecule has 0 fully saturated rings. The van der Waals surface area contributed by atoms with Gasteiger partial charge in [0.2, 0.25) is 0 Å². The smallest absolute Gasteiger partial charge is 0.524 e. The van der Waals surface area contributed by atoms with Crippen LogP contribution < -0.4 is 9.31 Å². The third kappa shape index (κ3) is 2.76. The zero-order valence-corrected chi connectivity index (χ0v) is 9.65. The third-order valence-corrected chi connectivity index (χ3v) is 2.31. The van der Waals surface area contributed by atoms with E-state index in [0.717, 1.165) is 7.69 Å². The number of rotatable bonds is 4. The topological polar surface area (TPSA) is 99.4 Å². The van der Waals surface area contributed by atoms with Crippen molar-refractivity contribution in [1.29, 1.82) is 0 Å². The molecule has 0 atom stereocenters. The Bertz CT molecular complexity index is 535. The third-order valence-electron chi connectivity index (χ3n) is 2.31. The average Bonchev–Trinajstić information content (AvgIpc) is 2.39. The molecule has 0 spiro atoms. The number of phenols is 4. The first-order chi connectivity index (χ1) is 9.09. The van der Waals surface area contributed by atoms with E-state index in [2.05, 4.69) is 0 Å². The highest BCUT2D eigenvalue weighted by atomic mass is 16.6. The van der Waals surface area contributed by atoms with Gasteiger partial charge in [0.05, 0.1) is 0 Å². The molecule has 7 heteroatoms. The van der Waals surface area contributed by atoms with Crippen molar-refractivity contribution >= 4 is 7.69 Å². The fourth-order valence-electron chi connectivity index (χ4n) is 1.34. The van der Waals surface area contributed by atoms with Gasteiger partial charge in [-0.15, -0.1) is 0 Å². The van der Waals surface area contributed by atoms with Gasteiger partial charge < -0.3 is 29.7 Å². The molecule has 0 amide bonds. The lowest BCUT2D eigenvalue weighted by Crippen LogP contribution is -2.11. The summed E-state index contributed by atoms with van der Waals surface area (Å²) in [5, 5.41) is 37.4. The molecule has 6 nitrogen and oxygen atoms in total. The zero-order chi connectivity index (χ0) is 13.8. The Hall–Kier alpha value is -2.70. The van der Waals surface area contributed by atoms with Gasteiger partial charge in [0.15, 0.2) is 23.0 Å². The number of benzene rings is 2. The highest BCUT2D eigenvalue weighted by Crippen LogP contribution is 2.36. The maximum absolute atomic E-state index is 9.45. The summed E-state index contributed by atoms with van der Waals surface area (Å²) >= 11 is 0. The summed E-state index contributed by atoms with van der Waals surface area (Å²) in [7, 11) is 0.850. The van der Waals surface area contributed by atoms with Crippen molar-refractivity contribution in [3.05, 3.63) is 36.4 Å². The van der Waals surface area contributed by atoms with Crippen LogP contribution in [0.15, 0.2) is 36.4 Å². The second-order valence-corrected chi connectivity index (χ2v) is 3.58. The SMILES string of the molecule is Oc1cccc(O[B]Oc2cccc(O)c2O)c1O. The Labute approximate surface area is 109 Å². The number of hydrogen-bond donors (Lipinski definition) is 4. The van der Waals surface area contributed by atoms with Gasteiger partial charge in [0.1, 0.15) is 11.5 Å². The van der Waals surface area contributed by atoms with Crippen LogP contribution in [0.1, 0.15) is 0 Å². The Balaban J connectivity index is 2.00. The molecule has 97 valence electrons. The maximum Gasteiger partial charge on any atom is 0.658 e. The fourth-order valence-corrected chi connectivity index (χ4v) is 1.34. The predicted octanol–water partition coefficient (Wildman–Crippen LogP) is 1.50. The quantitative estimate of drug-likeness (QED) is 0.491. The molecule has 0 saturated carbocycles. The van der Waals surface area contributed by atoms with Crippen LogP contribution in [0.4, 0.5) is 0 Å². The standard InChI is InChI=1S/C12H10BO6/c14-7-3-1-5-9(11(7)16)18-13-19-10-6-2-4-8(15)12(10)17/h1-6,14-17H. The molecular weight excluding hydrogens is 251 g/mol. The van der Waals surface area contributed by atoms with Crippen LogP contribution in [0.5, 0.6) is 34.5 Å². The largest absolute Gasteiger partial charge is 0.658 e. The molecule has 4 N–H and O–H groups in total. The monoisotopic (exact) mass is 261 g/mol. The first kappa shape index (κ1) is 12.8. The summed E-state index contributed by atoms with van der Waals surface area (Å²) in [6, 6.07) is 8.37. The van der Waals surface area contributed by atoms with Gasteiger partial charge in [-0.25, -0.2) is 0 Å². The maximum atomic E-state index is 9.45. The van der Waals surface area contributed by atoms with Crippen LogP contribution in [0, 0.1) is 0 Å². The molecule has 2 aromatic rings. The van der Waals surface area contributed by atoms with Crippen molar-refractivity contribution in [2.75, 3.05) is 0 Å². The van der Waals surface area contributed by atoms with Gasteiger partial charge in [0.25, 0.3) is 0 Å². The molecule has 19 heavy (non-hydrogen) atoms. The van der Waals surface area contributed by atoms with Crippen molar-refractivity contribution in [1.82, 2.24) is 0 Å². The summed E-state index contributed by atoms with van der Waals surface area (Å²) in [5.74, 6) is -1.54.